The van der Waals surface area contributed by atoms with Crippen LogP contribution < -0.4 is 10.5 Å². The van der Waals surface area contributed by atoms with Gasteiger partial charge in [0.25, 0.3) is 0 Å². The van der Waals surface area contributed by atoms with Crippen molar-refractivity contribution in [2.75, 3.05) is 11.9 Å². The molecule has 156 valence electrons. The number of carbonyl (C=O) groups excluding carboxylic acids is 1. The van der Waals surface area contributed by atoms with Crippen molar-refractivity contribution >= 4 is 21.7 Å². The second kappa shape index (κ2) is 8.25. The minimum atomic E-state index is -3.78. The van der Waals surface area contributed by atoms with Gasteiger partial charge in [0.15, 0.2) is 0 Å². The summed E-state index contributed by atoms with van der Waals surface area (Å²) in [7, 11) is -3.78. The van der Waals surface area contributed by atoms with Crippen molar-refractivity contribution in [3.8, 4) is 11.4 Å². The quantitative estimate of drug-likeness (QED) is 0.657. The van der Waals surface area contributed by atoms with Crippen LogP contribution in [0.5, 0.6) is 0 Å². The highest BCUT2D eigenvalue weighted by atomic mass is 32.2. The van der Waals surface area contributed by atoms with Gasteiger partial charge in [-0.3, -0.25) is 0 Å². The normalized spacial score (nSPS) is 17.0. The van der Waals surface area contributed by atoms with Crippen LogP contribution in [0.25, 0.3) is 11.4 Å². The van der Waals surface area contributed by atoms with E-state index < -0.39 is 10.0 Å². The van der Waals surface area contributed by atoms with Gasteiger partial charge >= 0.3 is 6.03 Å². The molecule has 4 rings (SSSR count). The van der Waals surface area contributed by atoms with Crippen molar-refractivity contribution in [1.82, 2.24) is 15.0 Å². The maximum Gasteiger partial charge on any atom is 0.322 e. The zero-order valence-corrected chi connectivity index (χ0v) is 16.9. The van der Waals surface area contributed by atoms with Gasteiger partial charge in [0, 0.05) is 17.8 Å². The Morgan fingerprint density at radius 3 is 2.53 bits per heavy atom. The highest BCUT2D eigenvalue weighted by molar-refractivity contribution is 7.89. The Morgan fingerprint density at radius 1 is 1.10 bits per heavy atom. The van der Waals surface area contributed by atoms with Gasteiger partial charge in [-0.1, -0.05) is 35.5 Å². The third-order valence-electron chi connectivity index (χ3n) is 4.96. The molecule has 3 aromatic rings. The number of benzene rings is 2. The van der Waals surface area contributed by atoms with Crippen molar-refractivity contribution in [2.45, 2.75) is 30.2 Å². The fourth-order valence-electron chi connectivity index (χ4n) is 3.43. The van der Waals surface area contributed by atoms with Crippen LogP contribution in [-0.2, 0) is 10.0 Å². The smallest absolute Gasteiger partial charge is 0.322 e. The zero-order chi connectivity index (χ0) is 21.1. The van der Waals surface area contributed by atoms with E-state index in [4.69, 9.17) is 9.66 Å². The zero-order valence-electron chi connectivity index (χ0n) is 16.1. The summed E-state index contributed by atoms with van der Waals surface area (Å²) in [5.41, 5.74) is 1.31. The minimum Gasteiger partial charge on any atom is -0.337 e. The lowest BCUT2D eigenvalue weighted by Gasteiger charge is -2.33. The van der Waals surface area contributed by atoms with E-state index >= 15 is 0 Å². The van der Waals surface area contributed by atoms with Gasteiger partial charge in [-0.25, -0.2) is 18.4 Å². The Kier molecular flexibility index (Phi) is 5.51. The number of rotatable bonds is 4. The van der Waals surface area contributed by atoms with E-state index in [9.17, 15) is 13.2 Å². The van der Waals surface area contributed by atoms with E-state index in [-0.39, 0.29) is 17.0 Å². The third kappa shape index (κ3) is 4.34. The van der Waals surface area contributed by atoms with Crippen LogP contribution in [0.3, 0.4) is 0 Å². The lowest BCUT2D eigenvalue weighted by molar-refractivity contribution is 0.142. The van der Waals surface area contributed by atoms with E-state index in [1.165, 1.54) is 24.3 Å². The van der Waals surface area contributed by atoms with Gasteiger partial charge in [-0.15, -0.1) is 0 Å². The summed E-state index contributed by atoms with van der Waals surface area (Å²) < 4.78 is 28.2. The maximum absolute atomic E-state index is 12.9. The lowest BCUT2D eigenvalue weighted by atomic mass is 10.0. The lowest BCUT2D eigenvalue weighted by Crippen LogP contribution is -2.41. The summed E-state index contributed by atoms with van der Waals surface area (Å²) in [5.74, 6) is 0.878. The highest BCUT2D eigenvalue weighted by Gasteiger charge is 2.32. The van der Waals surface area contributed by atoms with E-state index in [1.54, 1.807) is 4.90 Å². The molecule has 2 heterocycles. The number of anilines is 1. The van der Waals surface area contributed by atoms with Crippen LogP contribution in [0, 0.1) is 0 Å². The van der Waals surface area contributed by atoms with Crippen molar-refractivity contribution in [1.29, 1.82) is 0 Å². The summed E-state index contributed by atoms with van der Waals surface area (Å²) in [5, 5.41) is 12.0. The number of primary sulfonamides is 1. The number of aromatic nitrogens is 2. The largest absolute Gasteiger partial charge is 0.337 e. The summed E-state index contributed by atoms with van der Waals surface area (Å²) in [6, 6.07) is 14.5. The number of hydrogen-bond donors (Lipinski definition) is 2. The molecule has 0 spiro atoms. The molecule has 1 aromatic heterocycles. The van der Waals surface area contributed by atoms with Gasteiger partial charge in [0.1, 0.15) is 6.04 Å². The van der Waals surface area contributed by atoms with Gasteiger partial charge in [-0.2, -0.15) is 4.98 Å². The second-order valence-electron chi connectivity index (χ2n) is 7.03. The summed E-state index contributed by atoms with van der Waals surface area (Å²) in [4.78, 5) is 19.0. The van der Waals surface area contributed by atoms with E-state index in [0.29, 0.717) is 30.4 Å². The number of nitrogens with one attached hydrogen (secondary N) is 1. The molecule has 1 fully saturated rings. The fourth-order valence-corrected chi connectivity index (χ4v) is 3.95. The molecule has 2 aromatic carbocycles. The number of nitrogens with zero attached hydrogens (tertiary/aromatic N) is 3. The number of sulfonamides is 1. The number of hydrogen-bond acceptors (Lipinski definition) is 6. The van der Waals surface area contributed by atoms with Gasteiger partial charge in [-0.05, 0) is 43.5 Å². The number of nitrogens with two attached hydrogens (primary N) is 1. The Morgan fingerprint density at radius 2 is 1.83 bits per heavy atom. The average Bonchev–Trinajstić information content (AvgIpc) is 3.24. The molecule has 3 N–H and O–H groups in total. The predicted molar refractivity (Wildman–Crippen MR) is 110 cm³/mol. The Hall–Kier alpha value is -3.24. The molecule has 1 saturated heterocycles. The summed E-state index contributed by atoms with van der Waals surface area (Å²) in [6.07, 6.45) is 2.53. The number of carbonyl (C=O) groups is 1. The topological polar surface area (TPSA) is 131 Å². The molecule has 1 aliphatic rings. The monoisotopic (exact) mass is 427 g/mol. The molecule has 0 saturated carbocycles. The first-order valence-corrected chi connectivity index (χ1v) is 11.1. The minimum absolute atomic E-state index is 0.0179. The molecule has 1 unspecified atom stereocenters. The number of urea groups is 1. The van der Waals surface area contributed by atoms with Crippen molar-refractivity contribution in [2.24, 2.45) is 5.14 Å². The molecule has 2 amide bonds. The molecule has 0 radical (unpaired) electrons. The van der Waals surface area contributed by atoms with Gasteiger partial charge in [0.2, 0.25) is 21.7 Å². The maximum atomic E-state index is 12.9. The van der Waals surface area contributed by atoms with Gasteiger partial charge < -0.3 is 14.7 Å². The fraction of sp³-hybridized carbons (Fsp3) is 0.250. The molecule has 1 aliphatic heterocycles. The summed E-state index contributed by atoms with van der Waals surface area (Å²) >= 11 is 0. The molecule has 9 nitrogen and oxygen atoms in total. The standard InChI is InChI=1S/C20H21N5O4S/c21-30(27,28)16-11-9-15(10-12-16)22-20(26)25-13-5-4-8-17(25)19-23-18(24-29-19)14-6-2-1-3-7-14/h1-3,6-7,9-12,17H,4-5,8,13H2,(H,22,26)(H2,21,27,28). The Bertz CT molecular complexity index is 1130. The molecule has 30 heavy (non-hydrogen) atoms. The number of likely N-dealkylation sites (tertiary alicyclic amines) is 1. The first kappa shape index (κ1) is 20.0. The number of amides is 2. The van der Waals surface area contributed by atoms with Crippen LogP contribution in [-0.4, -0.2) is 36.0 Å². The van der Waals surface area contributed by atoms with Crippen molar-refractivity contribution in [3.05, 3.63) is 60.5 Å². The molecular weight excluding hydrogens is 406 g/mol. The van der Waals surface area contributed by atoms with E-state index in [2.05, 4.69) is 15.5 Å². The average molecular weight is 427 g/mol. The van der Waals surface area contributed by atoms with Crippen LogP contribution in [0.4, 0.5) is 10.5 Å². The predicted octanol–water partition coefficient (Wildman–Crippen LogP) is 3.14. The number of piperidine rings is 1. The Labute approximate surface area is 173 Å². The van der Waals surface area contributed by atoms with Crippen LogP contribution in [0.1, 0.15) is 31.2 Å². The Balaban J connectivity index is 1.51. The molecule has 1 atom stereocenters. The first-order valence-electron chi connectivity index (χ1n) is 9.51. The first-order chi connectivity index (χ1) is 14.4. The molecule has 10 heteroatoms. The van der Waals surface area contributed by atoms with E-state index in [0.717, 1.165) is 18.4 Å². The van der Waals surface area contributed by atoms with Crippen molar-refractivity contribution < 1.29 is 17.7 Å². The summed E-state index contributed by atoms with van der Waals surface area (Å²) in [6.45, 7) is 0.550. The third-order valence-corrected chi connectivity index (χ3v) is 5.89. The SMILES string of the molecule is NS(=O)(=O)c1ccc(NC(=O)N2CCCCC2c2nc(-c3ccccc3)no2)cc1. The van der Waals surface area contributed by atoms with Crippen LogP contribution >= 0.6 is 0 Å². The van der Waals surface area contributed by atoms with Crippen molar-refractivity contribution in [3.63, 3.8) is 0 Å². The second-order valence-corrected chi connectivity index (χ2v) is 8.59. The molecule has 0 aliphatic carbocycles. The van der Waals surface area contributed by atoms with Gasteiger partial charge in [0.05, 0.1) is 4.90 Å². The molecule has 0 bridgehead atoms. The van der Waals surface area contributed by atoms with Crippen LogP contribution in [0.2, 0.25) is 0 Å². The molecular formula is C20H21N5O4S. The highest BCUT2D eigenvalue weighted by Crippen LogP contribution is 2.31. The van der Waals surface area contributed by atoms with Crippen LogP contribution in [0.15, 0.2) is 64.0 Å². The van der Waals surface area contributed by atoms with E-state index in [1.807, 2.05) is 30.3 Å².